The van der Waals surface area contributed by atoms with E-state index >= 15 is 0 Å². The molecule has 88 valence electrons. The fraction of sp³-hybridized carbons (Fsp3) is 0.583. The van der Waals surface area contributed by atoms with Gasteiger partial charge < -0.3 is 5.73 Å². The van der Waals surface area contributed by atoms with Crippen LogP contribution in [0, 0.1) is 6.92 Å². The third-order valence-electron chi connectivity index (χ3n) is 2.50. The van der Waals surface area contributed by atoms with Gasteiger partial charge in [0.25, 0.3) is 5.91 Å². The van der Waals surface area contributed by atoms with Gasteiger partial charge in [-0.15, -0.1) is 0 Å². The van der Waals surface area contributed by atoms with Crippen molar-refractivity contribution in [2.45, 2.75) is 46.5 Å². The monoisotopic (exact) mass is 221 g/mol. The number of primary amides is 1. The van der Waals surface area contributed by atoms with Gasteiger partial charge in [-0.1, -0.05) is 27.7 Å². The van der Waals surface area contributed by atoms with Gasteiger partial charge in [0.05, 0.1) is 5.69 Å². The van der Waals surface area contributed by atoms with E-state index in [1.54, 1.807) is 0 Å². The number of nitrogens with two attached hydrogens (primary N) is 1. The van der Waals surface area contributed by atoms with Crippen molar-refractivity contribution in [1.29, 1.82) is 0 Å². The van der Waals surface area contributed by atoms with Crippen molar-refractivity contribution >= 4 is 5.91 Å². The zero-order valence-corrected chi connectivity index (χ0v) is 10.5. The number of rotatable bonds is 3. The Kier molecular flexibility index (Phi) is 3.62. The molecular weight excluding hydrogens is 202 g/mol. The maximum absolute atomic E-state index is 11.3. The van der Waals surface area contributed by atoms with Crippen molar-refractivity contribution in [3.63, 3.8) is 0 Å². The lowest BCUT2D eigenvalue weighted by Gasteiger charge is -2.14. The normalized spacial score (nSPS) is 11.2. The third-order valence-corrected chi connectivity index (χ3v) is 2.50. The zero-order valence-electron chi connectivity index (χ0n) is 10.5. The molecule has 1 amide bonds. The summed E-state index contributed by atoms with van der Waals surface area (Å²) in [4.78, 5) is 20.0. The van der Waals surface area contributed by atoms with E-state index in [-0.39, 0.29) is 11.8 Å². The maximum Gasteiger partial charge on any atom is 0.267 e. The largest absolute Gasteiger partial charge is 0.364 e. The lowest BCUT2D eigenvalue weighted by atomic mass is 10.0. The number of carbonyl (C=O) groups excluding carboxylic acids is 1. The van der Waals surface area contributed by atoms with E-state index in [1.807, 2.05) is 34.6 Å². The molecule has 0 aromatic carbocycles. The van der Waals surface area contributed by atoms with Gasteiger partial charge >= 0.3 is 0 Å². The summed E-state index contributed by atoms with van der Waals surface area (Å²) >= 11 is 0. The first kappa shape index (κ1) is 12.6. The molecule has 0 atom stereocenters. The van der Waals surface area contributed by atoms with E-state index in [2.05, 4.69) is 9.97 Å². The van der Waals surface area contributed by atoms with Crippen molar-refractivity contribution < 1.29 is 4.79 Å². The van der Waals surface area contributed by atoms with Gasteiger partial charge in [0, 0.05) is 11.5 Å². The molecule has 0 aliphatic heterocycles. The fourth-order valence-corrected chi connectivity index (χ4v) is 1.61. The second-order valence-corrected chi connectivity index (χ2v) is 4.61. The summed E-state index contributed by atoms with van der Waals surface area (Å²) in [5.74, 6) is 0.654. The Morgan fingerprint density at radius 1 is 1.12 bits per heavy atom. The molecule has 0 spiro atoms. The van der Waals surface area contributed by atoms with Crippen LogP contribution in [0.5, 0.6) is 0 Å². The molecule has 1 heterocycles. The van der Waals surface area contributed by atoms with Crippen molar-refractivity contribution in [2.24, 2.45) is 5.73 Å². The average molecular weight is 221 g/mol. The molecule has 0 radical (unpaired) electrons. The van der Waals surface area contributed by atoms with E-state index < -0.39 is 5.91 Å². The van der Waals surface area contributed by atoms with Gasteiger partial charge in [0.1, 0.15) is 11.5 Å². The highest BCUT2D eigenvalue weighted by atomic mass is 16.1. The first-order valence-corrected chi connectivity index (χ1v) is 5.52. The summed E-state index contributed by atoms with van der Waals surface area (Å²) < 4.78 is 0. The first-order valence-electron chi connectivity index (χ1n) is 5.52. The van der Waals surface area contributed by atoms with Crippen LogP contribution in [0.4, 0.5) is 0 Å². The summed E-state index contributed by atoms with van der Waals surface area (Å²) in [6, 6.07) is 0. The van der Waals surface area contributed by atoms with Gasteiger partial charge in [-0.2, -0.15) is 0 Å². The lowest BCUT2D eigenvalue weighted by Crippen LogP contribution is -2.19. The molecule has 0 unspecified atom stereocenters. The Morgan fingerprint density at radius 2 is 1.69 bits per heavy atom. The summed E-state index contributed by atoms with van der Waals surface area (Å²) in [5.41, 5.74) is 7.38. The van der Waals surface area contributed by atoms with Crippen LogP contribution in [-0.2, 0) is 0 Å². The van der Waals surface area contributed by atoms with Crippen LogP contribution in [0.3, 0.4) is 0 Å². The minimum atomic E-state index is -0.483. The van der Waals surface area contributed by atoms with Crippen molar-refractivity contribution in [3.8, 4) is 0 Å². The van der Waals surface area contributed by atoms with Gasteiger partial charge in [-0.05, 0) is 12.8 Å². The average Bonchev–Trinajstić information content (AvgIpc) is 2.16. The molecule has 4 heteroatoms. The second kappa shape index (κ2) is 4.60. The summed E-state index contributed by atoms with van der Waals surface area (Å²) in [6.07, 6.45) is 0. The smallest absolute Gasteiger partial charge is 0.267 e. The molecule has 0 aliphatic rings. The molecule has 0 saturated heterocycles. The van der Waals surface area contributed by atoms with Crippen LogP contribution in [0.15, 0.2) is 0 Å². The maximum atomic E-state index is 11.3. The van der Waals surface area contributed by atoms with Gasteiger partial charge in [-0.25, -0.2) is 9.97 Å². The predicted octanol–water partition coefficient (Wildman–Crippen LogP) is 2.13. The Labute approximate surface area is 96.3 Å². The van der Waals surface area contributed by atoms with Crippen LogP contribution in [0.1, 0.15) is 67.1 Å². The molecular formula is C12H19N3O. The molecule has 1 rings (SSSR count). The predicted molar refractivity (Wildman–Crippen MR) is 63.5 cm³/mol. The van der Waals surface area contributed by atoms with Gasteiger partial charge in [0.2, 0.25) is 0 Å². The molecule has 0 bridgehead atoms. The van der Waals surface area contributed by atoms with Crippen LogP contribution in [-0.4, -0.2) is 15.9 Å². The number of nitrogens with zero attached hydrogens (tertiary/aromatic N) is 2. The minimum absolute atomic E-state index is 0.191. The molecule has 16 heavy (non-hydrogen) atoms. The highest BCUT2D eigenvalue weighted by Gasteiger charge is 2.17. The van der Waals surface area contributed by atoms with Crippen molar-refractivity contribution in [2.75, 3.05) is 0 Å². The summed E-state index contributed by atoms with van der Waals surface area (Å²) in [7, 11) is 0. The number of carbonyl (C=O) groups is 1. The lowest BCUT2D eigenvalue weighted by molar-refractivity contribution is 0.0994. The third kappa shape index (κ3) is 2.38. The van der Waals surface area contributed by atoms with E-state index in [4.69, 9.17) is 5.73 Å². The molecule has 1 aromatic heterocycles. The fourth-order valence-electron chi connectivity index (χ4n) is 1.61. The summed E-state index contributed by atoms with van der Waals surface area (Å²) in [6.45, 7) is 9.94. The highest BCUT2D eigenvalue weighted by Crippen LogP contribution is 2.21. The quantitative estimate of drug-likeness (QED) is 0.850. The van der Waals surface area contributed by atoms with Gasteiger partial charge in [0.15, 0.2) is 0 Å². The highest BCUT2D eigenvalue weighted by molar-refractivity contribution is 5.92. The number of aromatic nitrogens is 2. The molecule has 4 nitrogen and oxygen atoms in total. The Bertz CT molecular complexity index is 411. The standard InChI is InChI=1S/C12H19N3O/c1-6(2)9-8(5)10(11(13)16)15-12(14-9)7(3)4/h6-7H,1-5H3,(H2,13,16). The number of hydrogen-bond acceptors (Lipinski definition) is 3. The van der Waals surface area contributed by atoms with E-state index in [0.717, 1.165) is 11.3 Å². The van der Waals surface area contributed by atoms with Crippen molar-refractivity contribution in [3.05, 3.63) is 22.8 Å². The van der Waals surface area contributed by atoms with Crippen LogP contribution >= 0.6 is 0 Å². The minimum Gasteiger partial charge on any atom is -0.364 e. The molecule has 1 aromatic rings. The van der Waals surface area contributed by atoms with Crippen LogP contribution in [0.2, 0.25) is 0 Å². The zero-order chi connectivity index (χ0) is 12.5. The topological polar surface area (TPSA) is 68.9 Å². The Balaban J connectivity index is 3.45. The Morgan fingerprint density at radius 3 is 2.06 bits per heavy atom. The molecule has 2 N–H and O–H groups in total. The molecule has 0 fully saturated rings. The SMILES string of the molecule is Cc1c(C(N)=O)nc(C(C)C)nc1C(C)C. The Hall–Kier alpha value is -1.45. The summed E-state index contributed by atoms with van der Waals surface area (Å²) in [5, 5.41) is 0. The van der Waals surface area contributed by atoms with Crippen LogP contribution < -0.4 is 5.73 Å². The molecule has 0 saturated carbocycles. The number of hydrogen-bond donors (Lipinski definition) is 1. The van der Waals surface area contributed by atoms with E-state index in [9.17, 15) is 4.79 Å². The first-order chi connectivity index (χ1) is 7.34. The van der Waals surface area contributed by atoms with Gasteiger partial charge in [-0.3, -0.25) is 4.79 Å². The second-order valence-electron chi connectivity index (χ2n) is 4.61. The molecule has 0 aliphatic carbocycles. The van der Waals surface area contributed by atoms with Crippen LogP contribution in [0.25, 0.3) is 0 Å². The van der Waals surface area contributed by atoms with E-state index in [0.29, 0.717) is 11.5 Å². The van der Waals surface area contributed by atoms with E-state index in [1.165, 1.54) is 0 Å². The van der Waals surface area contributed by atoms with Crippen molar-refractivity contribution in [1.82, 2.24) is 9.97 Å². The number of amides is 1.